The van der Waals surface area contributed by atoms with E-state index < -0.39 is 4.92 Å². The first-order chi connectivity index (χ1) is 9.58. The Bertz CT molecular complexity index is 661. The Morgan fingerprint density at radius 2 is 2.10 bits per heavy atom. The molecule has 2 rings (SSSR count). The first-order valence-corrected chi connectivity index (χ1v) is 6.49. The zero-order valence-corrected chi connectivity index (χ0v) is 11.8. The molecule has 20 heavy (non-hydrogen) atoms. The van der Waals surface area contributed by atoms with Crippen LogP contribution in [0.5, 0.6) is 0 Å². The van der Waals surface area contributed by atoms with E-state index in [0.29, 0.717) is 15.7 Å². The van der Waals surface area contributed by atoms with Crippen LogP contribution in [0.2, 0.25) is 0 Å². The van der Waals surface area contributed by atoms with Crippen LogP contribution in [-0.2, 0) is 11.2 Å². The first kappa shape index (κ1) is 14.1. The molecule has 0 unspecified atom stereocenters. The third-order valence-electron chi connectivity index (χ3n) is 2.59. The van der Waals surface area contributed by atoms with Gasteiger partial charge in [-0.1, -0.05) is 18.2 Å². The van der Waals surface area contributed by atoms with Gasteiger partial charge in [0.05, 0.1) is 21.5 Å². The Morgan fingerprint density at radius 1 is 1.35 bits per heavy atom. The number of amides is 1. The van der Waals surface area contributed by atoms with Gasteiger partial charge in [0.15, 0.2) is 0 Å². The number of para-hydroxylation sites is 1. The second-order valence-corrected chi connectivity index (χ2v) is 4.82. The number of nitrogens with one attached hydrogen (secondary N) is 1. The molecule has 0 bridgehead atoms. The Hall–Kier alpha value is -2.28. The molecule has 0 spiro atoms. The van der Waals surface area contributed by atoms with Crippen LogP contribution in [0.25, 0.3) is 0 Å². The van der Waals surface area contributed by atoms with Crippen molar-refractivity contribution in [1.29, 1.82) is 0 Å². The molecule has 6 nitrogen and oxygen atoms in total. The molecule has 1 aromatic carbocycles. The fraction of sp³-hybridized carbons (Fsp3) is 0.0769. The fourth-order valence-corrected chi connectivity index (χ4v) is 2.03. The lowest BCUT2D eigenvalue weighted by Crippen LogP contribution is -2.15. The number of nitro benzene ring substituents is 1. The summed E-state index contributed by atoms with van der Waals surface area (Å²) in [4.78, 5) is 26.2. The highest BCUT2D eigenvalue weighted by atomic mass is 79.9. The summed E-state index contributed by atoms with van der Waals surface area (Å²) < 4.78 is 0.649. The quantitative estimate of drug-likeness (QED) is 0.687. The molecule has 0 radical (unpaired) electrons. The Labute approximate surface area is 123 Å². The SMILES string of the molecule is O=C(Cc1ccccc1[N+](=O)[O-])Nc1ccncc1Br. The molecule has 0 aliphatic carbocycles. The lowest BCUT2D eigenvalue weighted by molar-refractivity contribution is -0.385. The van der Waals surface area contributed by atoms with Gasteiger partial charge in [-0.2, -0.15) is 0 Å². The number of hydrogen-bond donors (Lipinski definition) is 1. The number of nitro groups is 1. The molecular formula is C13H10BrN3O3. The second kappa shape index (κ2) is 6.25. The molecule has 0 aliphatic rings. The highest BCUT2D eigenvalue weighted by Gasteiger charge is 2.15. The van der Waals surface area contributed by atoms with Gasteiger partial charge in [0, 0.05) is 24.0 Å². The van der Waals surface area contributed by atoms with Crippen molar-refractivity contribution in [2.24, 2.45) is 0 Å². The maximum Gasteiger partial charge on any atom is 0.273 e. The van der Waals surface area contributed by atoms with Gasteiger partial charge in [0.1, 0.15) is 0 Å². The van der Waals surface area contributed by atoms with Crippen molar-refractivity contribution in [3.05, 3.63) is 62.9 Å². The van der Waals surface area contributed by atoms with Gasteiger partial charge >= 0.3 is 0 Å². The number of anilines is 1. The maximum atomic E-state index is 11.9. The van der Waals surface area contributed by atoms with Gasteiger partial charge in [0.2, 0.25) is 5.91 Å². The number of rotatable bonds is 4. The molecular weight excluding hydrogens is 326 g/mol. The van der Waals surface area contributed by atoms with Crippen molar-refractivity contribution in [2.75, 3.05) is 5.32 Å². The minimum atomic E-state index is -0.495. The number of benzene rings is 1. The van der Waals surface area contributed by atoms with Gasteiger partial charge in [-0.25, -0.2) is 0 Å². The molecule has 1 N–H and O–H groups in total. The number of nitrogens with zero attached hydrogens (tertiary/aromatic N) is 2. The highest BCUT2D eigenvalue weighted by molar-refractivity contribution is 9.10. The number of hydrogen-bond acceptors (Lipinski definition) is 4. The van der Waals surface area contributed by atoms with Crippen LogP contribution in [0.1, 0.15) is 5.56 Å². The normalized spacial score (nSPS) is 10.1. The minimum absolute atomic E-state index is 0.0588. The average Bonchev–Trinajstić information content (AvgIpc) is 2.41. The van der Waals surface area contributed by atoms with Crippen LogP contribution in [0.4, 0.5) is 11.4 Å². The van der Waals surface area contributed by atoms with E-state index in [0.717, 1.165) is 0 Å². The summed E-state index contributed by atoms with van der Waals surface area (Å²) in [5.41, 5.74) is 0.889. The van der Waals surface area contributed by atoms with E-state index >= 15 is 0 Å². The Kier molecular flexibility index (Phi) is 4.41. The van der Waals surface area contributed by atoms with Crippen LogP contribution in [0, 0.1) is 10.1 Å². The zero-order valence-electron chi connectivity index (χ0n) is 10.2. The summed E-state index contributed by atoms with van der Waals surface area (Å²) in [6.45, 7) is 0. The monoisotopic (exact) mass is 335 g/mol. The van der Waals surface area contributed by atoms with Gasteiger partial charge < -0.3 is 5.32 Å². The lowest BCUT2D eigenvalue weighted by atomic mass is 10.1. The predicted molar refractivity (Wildman–Crippen MR) is 77.4 cm³/mol. The van der Waals surface area contributed by atoms with Crippen molar-refractivity contribution >= 4 is 33.2 Å². The molecule has 0 fully saturated rings. The van der Waals surface area contributed by atoms with Crippen LogP contribution >= 0.6 is 15.9 Å². The van der Waals surface area contributed by atoms with Gasteiger partial charge in [-0.05, 0) is 22.0 Å². The van der Waals surface area contributed by atoms with E-state index in [2.05, 4.69) is 26.2 Å². The minimum Gasteiger partial charge on any atom is -0.325 e. The molecule has 7 heteroatoms. The van der Waals surface area contributed by atoms with E-state index in [-0.39, 0.29) is 18.0 Å². The molecule has 1 amide bonds. The first-order valence-electron chi connectivity index (χ1n) is 5.69. The van der Waals surface area contributed by atoms with Crippen molar-refractivity contribution in [3.63, 3.8) is 0 Å². The summed E-state index contributed by atoms with van der Waals surface area (Å²) in [6.07, 6.45) is 3.04. The lowest BCUT2D eigenvalue weighted by Gasteiger charge is -2.07. The molecule has 0 saturated heterocycles. The van der Waals surface area contributed by atoms with Crippen molar-refractivity contribution in [1.82, 2.24) is 4.98 Å². The summed E-state index contributed by atoms with van der Waals surface area (Å²) in [5.74, 6) is -0.328. The van der Waals surface area contributed by atoms with E-state index in [1.54, 1.807) is 36.7 Å². The van der Waals surface area contributed by atoms with Gasteiger partial charge in [-0.15, -0.1) is 0 Å². The van der Waals surface area contributed by atoms with Crippen LogP contribution in [0.3, 0.4) is 0 Å². The maximum absolute atomic E-state index is 11.9. The van der Waals surface area contributed by atoms with Crippen molar-refractivity contribution in [2.45, 2.75) is 6.42 Å². The molecule has 102 valence electrons. The molecule has 0 saturated carbocycles. The Morgan fingerprint density at radius 3 is 2.80 bits per heavy atom. The van der Waals surface area contributed by atoms with Crippen LogP contribution in [-0.4, -0.2) is 15.8 Å². The number of aromatic nitrogens is 1. The fourth-order valence-electron chi connectivity index (χ4n) is 1.68. The molecule has 2 aromatic rings. The number of pyridine rings is 1. The average molecular weight is 336 g/mol. The number of carbonyl (C=O) groups is 1. The van der Waals surface area contributed by atoms with Gasteiger partial charge in [0.25, 0.3) is 5.69 Å². The second-order valence-electron chi connectivity index (χ2n) is 3.97. The highest BCUT2D eigenvalue weighted by Crippen LogP contribution is 2.22. The zero-order chi connectivity index (χ0) is 14.5. The topological polar surface area (TPSA) is 85.1 Å². The molecule has 1 aromatic heterocycles. The van der Waals surface area contributed by atoms with E-state index in [1.165, 1.54) is 6.07 Å². The third kappa shape index (κ3) is 3.39. The molecule has 0 atom stereocenters. The van der Waals surface area contributed by atoms with E-state index in [1.807, 2.05) is 0 Å². The number of halogens is 1. The largest absolute Gasteiger partial charge is 0.325 e. The Balaban J connectivity index is 2.13. The van der Waals surface area contributed by atoms with Crippen molar-refractivity contribution < 1.29 is 9.72 Å². The summed E-state index contributed by atoms with van der Waals surface area (Å²) >= 11 is 3.26. The smallest absolute Gasteiger partial charge is 0.273 e. The van der Waals surface area contributed by atoms with E-state index in [9.17, 15) is 14.9 Å². The molecule has 0 aliphatic heterocycles. The third-order valence-corrected chi connectivity index (χ3v) is 3.22. The van der Waals surface area contributed by atoms with Crippen molar-refractivity contribution in [3.8, 4) is 0 Å². The number of carbonyl (C=O) groups excluding carboxylic acids is 1. The van der Waals surface area contributed by atoms with Gasteiger partial charge in [-0.3, -0.25) is 19.9 Å². The predicted octanol–water partition coefficient (Wildman–Crippen LogP) is 2.93. The summed E-state index contributed by atoms with van der Waals surface area (Å²) in [7, 11) is 0. The van der Waals surface area contributed by atoms with E-state index in [4.69, 9.17) is 0 Å². The van der Waals surface area contributed by atoms with Crippen LogP contribution < -0.4 is 5.32 Å². The summed E-state index contributed by atoms with van der Waals surface area (Å²) in [5, 5.41) is 13.6. The summed E-state index contributed by atoms with van der Waals surface area (Å²) in [6, 6.07) is 7.82. The van der Waals surface area contributed by atoms with Crippen LogP contribution in [0.15, 0.2) is 47.2 Å². The molecule has 1 heterocycles. The standard InChI is InChI=1S/C13H10BrN3O3/c14-10-8-15-6-5-11(10)16-13(18)7-9-3-1-2-4-12(9)17(19)20/h1-6,8H,7H2,(H,15,16,18).